The standard InChI is InChI=1S/C23H22N4O3S/c1-14-20(24-22(31-14)21-16-5-3-4-6-18(16)25-26-21)15-7-8-19(17(13-15)23(28)29-2)27-9-11-30-12-10-27/h3-8,13H,9-12H2,1-2H3,(H,25,26). The van der Waals surface area contributed by atoms with Gasteiger partial charge in [0.05, 0.1) is 42.8 Å². The van der Waals surface area contributed by atoms with Crippen LogP contribution in [0.25, 0.3) is 32.9 Å². The van der Waals surface area contributed by atoms with E-state index >= 15 is 0 Å². The van der Waals surface area contributed by atoms with E-state index in [1.54, 1.807) is 11.3 Å². The van der Waals surface area contributed by atoms with Gasteiger partial charge in [0.2, 0.25) is 0 Å². The number of ether oxygens (including phenoxy) is 2. The van der Waals surface area contributed by atoms with Gasteiger partial charge in [-0.3, -0.25) is 5.10 Å². The topological polar surface area (TPSA) is 80.3 Å². The van der Waals surface area contributed by atoms with Crippen molar-refractivity contribution in [1.29, 1.82) is 0 Å². The van der Waals surface area contributed by atoms with Crippen LogP contribution >= 0.6 is 11.3 Å². The number of esters is 1. The van der Waals surface area contributed by atoms with Crippen LogP contribution in [0.1, 0.15) is 15.2 Å². The molecule has 0 spiro atoms. The summed E-state index contributed by atoms with van der Waals surface area (Å²) in [7, 11) is 1.41. The van der Waals surface area contributed by atoms with Gasteiger partial charge in [0, 0.05) is 28.9 Å². The van der Waals surface area contributed by atoms with Gasteiger partial charge >= 0.3 is 5.97 Å². The number of carbonyl (C=O) groups excluding carboxylic acids is 1. The number of para-hydroxylation sites is 1. The van der Waals surface area contributed by atoms with E-state index in [2.05, 4.69) is 15.1 Å². The van der Waals surface area contributed by atoms with Crippen molar-refractivity contribution < 1.29 is 14.3 Å². The summed E-state index contributed by atoms with van der Waals surface area (Å²) in [5.41, 5.74) is 4.97. The van der Waals surface area contributed by atoms with Gasteiger partial charge in [0.1, 0.15) is 10.7 Å². The van der Waals surface area contributed by atoms with E-state index < -0.39 is 0 Å². The van der Waals surface area contributed by atoms with Gasteiger partial charge in [0.15, 0.2) is 0 Å². The Bertz CT molecular complexity index is 1260. The quantitative estimate of drug-likeness (QED) is 0.483. The molecule has 31 heavy (non-hydrogen) atoms. The summed E-state index contributed by atoms with van der Waals surface area (Å²) < 4.78 is 10.5. The molecule has 0 atom stereocenters. The van der Waals surface area contributed by atoms with Gasteiger partial charge in [-0.1, -0.05) is 24.3 Å². The smallest absolute Gasteiger partial charge is 0.339 e. The second-order valence-corrected chi connectivity index (χ2v) is 8.57. The molecule has 7 nitrogen and oxygen atoms in total. The Hall–Kier alpha value is -3.23. The van der Waals surface area contributed by atoms with E-state index in [9.17, 15) is 4.79 Å². The van der Waals surface area contributed by atoms with Crippen LogP contribution in [-0.2, 0) is 9.47 Å². The van der Waals surface area contributed by atoms with Crippen LogP contribution in [0.5, 0.6) is 0 Å². The molecule has 0 amide bonds. The minimum absolute atomic E-state index is 0.352. The second kappa shape index (κ2) is 8.13. The number of aromatic amines is 1. The number of morpholine rings is 1. The maximum Gasteiger partial charge on any atom is 0.339 e. The van der Waals surface area contributed by atoms with E-state index in [-0.39, 0.29) is 5.97 Å². The minimum atomic E-state index is -0.352. The number of hydrogen-bond acceptors (Lipinski definition) is 7. The first kappa shape index (κ1) is 19.7. The molecule has 2 aromatic carbocycles. The zero-order chi connectivity index (χ0) is 21.4. The van der Waals surface area contributed by atoms with Gasteiger partial charge in [-0.05, 0) is 25.1 Å². The molecular formula is C23H22N4O3S. The number of hydrogen-bond donors (Lipinski definition) is 1. The number of benzene rings is 2. The van der Waals surface area contributed by atoms with Gasteiger partial charge in [-0.2, -0.15) is 5.10 Å². The molecule has 4 aromatic rings. The van der Waals surface area contributed by atoms with Crippen LogP contribution in [0, 0.1) is 6.92 Å². The summed E-state index contributed by atoms with van der Waals surface area (Å²) in [6, 6.07) is 13.9. The van der Waals surface area contributed by atoms with Crippen molar-refractivity contribution in [1.82, 2.24) is 15.2 Å². The fourth-order valence-corrected chi connectivity index (χ4v) is 4.87. The lowest BCUT2D eigenvalue weighted by atomic mass is 10.0. The Morgan fingerprint density at radius 3 is 2.77 bits per heavy atom. The predicted octanol–water partition coefficient (Wildman–Crippen LogP) is 4.29. The molecule has 1 aliphatic heterocycles. The van der Waals surface area contributed by atoms with Crippen molar-refractivity contribution in [2.75, 3.05) is 38.3 Å². The Balaban J connectivity index is 1.56. The van der Waals surface area contributed by atoms with Crippen LogP contribution in [-0.4, -0.2) is 54.6 Å². The molecule has 0 aliphatic carbocycles. The monoisotopic (exact) mass is 434 g/mol. The molecule has 3 heterocycles. The molecule has 1 fully saturated rings. The lowest BCUT2D eigenvalue weighted by Crippen LogP contribution is -2.37. The highest BCUT2D eigenvalue weighted by atomic mass is 32.1. The number of carbonyl (C=O) groups is 1. The SMILES string of the molecule is COC(=O)c1cc(-c2nc(-c3n[nH]c4ccccc34)sc2C)ccc1N1CCOCC1. The van der Waals surface area contributed by atoms with Crippen molar-refractivity contribution in [3.63, 3.8) is 0 Å². The summed E-state index contributed by atoms with van der Waals surface area (Å²) in [5.74, 6) is -0.352. The Morgan fingerprint density at radius 2 is 1.97 bits per heavy atom. The normalized spacial score (nSPS) is 14.2. The van der Waals surface area contributed by atoms with Crippen LogP contribution < -0.4 is 4.90 Å². The third kappa shape index (κ3) is 3.58. The first-order valence-electron chi connectivity index (χ1n) is 10.1. The highest BCUT2D eigenvalue weighted by Crippen LogP contribution is 2.37. The van der Waals surface area contributed by atoms with E-state index in [1.165, 1.54) is 7.11 Å². The molecule has 0 unspecified atom stereocenters. The van der Waals surface area contributed by atoms with E-state index in [0.717, 1.165) is 56.5 Å². The molecule has 8 heteroatoms. The van der Waals surface area contributed by atoms with Gasteiger partial charge in [-0.15, -0.1) is 11.3 Å². The molecule has 1 aliphatic rings. The number of aryl methyl sites for hydroxylation is 1. The number of aromatic nitrogens is 3. The average molecular weight is 435 g/mol. The predicted molar refractivity (Wildman–Crippen MR) is 122 cm³/mol. The molecule has 1 N–H and O–H groups in total. The maximum absolute atomic E-state index is 12.6. The number of nitrogens with zero attached hydrogens (tertiary/aromatic N) is 3. The van der Waals surface area contributed by atoms with Crippen LogP contribution in [0.15, 0.2) is 42.5 Å². The summed E-state index contributed by atoms with van der Waals surface area (Å²) >= 11 is 1.60. The van der Waals surface area contributed by atoms with Crippen molar-refractivity contribution in [3.05, 3.63) is 52.9 Å². The number of nitrogens with one attached hydrogen (secondary N) is 1. The number of thiazole rings is 1. The lowest BCUT2D eigenvalue weighted by Gasteiger charge is -2.30. The molecule has 2 aromatic heterocycles. The van der Waals surface area contributed by atoms with E-state index in [1.807, 2.05) is 49.4 Å². The highest BCUT2D eigenvalue weighted by Gasteiger charge is 2.22. The molecule has 158 valence electrons. The fourth-order valence-electron chi connectivity index (χ4n) is 3.93. The summed E-state index contributed by atoms with van der Waals surface area (Å²) in [6.07, 6.45) is 0. The Labute approximate surface area is 183 Å². The largest absolute Gasteiger partial charge is 0.465 e. The van der Waals surface area contributed by atoms with Crippen molar-refractivity contribution in [3.8, 4) is 22.0 Å². The molecule has 0 radical (unpaired) electrons. The fraction of sp³-hybridized carbons (Fsp3) is 0.261. The van der Waals surface area contributed by atoms with Crippen molar-refractivity contribution >= 4 is 33.9 Å². The van der Waals surface area contributed by atoms with Gasteiger partial charge < -0.3 is 14.4 Å². The molecular weight excluding hydrogens is 412 g/mol. The number of rotatable bonds is 4. The molecule has 1 saturated heterocycles. The lowest BCUT2D eigenvalue weighted by molar-refractivity contribution is 0.0600. The number of methoxy groups -OCH3 is 1. The Kier molecular flexibility index (Phi) is 5.17. The zero-order valence-electron chi connectivity index (χ0n) is 17.3. The number of fused-ring (bicyclic) bond motifs is 1. The van der Waals surface area contributed by atoms with Crippen molar-refractivity contribution in [2.24, 2.45) is 0 Å². The minimum Gasteiger partial charge on any atom is -0.465 e. The van der Waals surface area contributed by atoms with Gasteiger partial charge in [-0.25, -0.2) is 9.78 Å². The second-order valence-electron chi connectivity index (χ2n) is 7.36. The van der Waals surface area contributed by atoms with Crippen LogP contribution in [0.2, 0.25) is 0 Å². The maximum atomic E-state index is 12.6. The van der Waals surface area contributed by atoms with Crippen molar-refractivity contribution in [2.45, 2.75) is 6.92 Å². The summed E-state index contributed by atoms with van der Waals surface area (Å²) in [5, 5.41) is 9.44. The summed E-state index contributed by atoms with van der Waals surface area (Å²) in [4.78, 5) is 20.7. The first-order chi connectivity index (χ1) is 15.2. The summed E-state index contributed by atoms with van der Waals surface area (Å²) in [6.45, 7) is 4.83. The molecule has 0 saturated carbocycles. The number of anilines is 1. The first-order valence-corrected chi connectivity index (χ1v) is 10.9. The van der Waals surface area contributed by atoms with Crippen LogP contribution in [0.4, 0.5) is 5.69 Å². The molecule has 0 bridgehead atoms. The zero-order valence-corrected chi connectivity index (χ0v) is 18.2. The van der Waals surface area contributed by atoms with Crippen LogP contribution in [0.3, 0.4) is 0 Å². The van der Waals surface area contributed by atoms with E-state index in [4.69, 9.17) is 14.5 Å². The Morgan fingerprint density at radius 1 is 1.16 bits per heavy atom. The number of H-pyrrole nitrogens is 1. The highest BCUT2D eigenvalue weighted by molar-refractivity contribution is 7.15. The third-order valence-electron chi connectivity index (χ3n) is 5.50. The average Bonchev–Trinajstić information content (AvgIpc) is 3.42. The van der Waals surface area contributed by atoms with E-state index in [0.29, 0.717) is 18.8 Å². The third-order valence-corrected chi connectivity index (χ3v) is 6.47. The molecule has 5 rings (SSSR count). The van der Waals surface area contributed by atoms with Gasteiger partial charge in [0.25, 0.3) is 0 Å².